The Balaban J connectivity index is 1.95. The number of halogens is 2. The van der Waals surface area contributed by atoms with Gasteiger partial charge in [0, 0.05) is 18.1 Å². The second-order valence-electron chi connectivity index (χ2n) is 4.65. The van der Waals surface area contributed by atoms with Crippen LogP contribution in [0.25, 0.3) is 0 Å². The van der Waals surface area contributed by atoms with E-state index in [1.165, 1.54) is 0 Å². The SMILES string of the molecule is Nc1cc(F)c(Oc2cc(=O)[nH]c(C3CC3)n2)cc1F. The van der Waals surface area contributed by atoms with Crippen LogP contribution in [0.15, 0.2) is 23.0 Å². The molecule has 1 aliphatic carbocycles. The lowest BCUT2D eigenvalue weighted by Gasteiger charge is -2.08. The summed E-state index contributed by atoms with van der Waals surface area (Å²) in [6, 6.07) is 2.73. The van der Waals surface area contributed by atoms with Crippen molar-refractivity contribution in [2.45, 2.75) is 18.8 Å². The molecule has 7 heteroatoms. The summed E-state index contributed by atoms with van der Waals surface area (Å²) < 4.78 is 32.0. The van der Waals surface area contributed by atoms with Crippen LogP contribution in [0.3, 0.4) is 0 Å². The maximum Gasteiger partial charge on any atom is 0.254 e. The highest BCUT2D eigenvalue weighted by molar-refractivity contribution is 5.45. The fraction of sp³-hybridized carbons (Fsp3) is 0.231. The summed E-state index contributed by atoms with van der Waals surface area (Å²) in [5.41, 5.74) is 4.53. The van der Waals surface area contributed by atoms with E-state index < -0.39 is 17.2 Å². The first-order valence-electron chi connectivity index (χ1n) is 6.06. The van der Waals surface area contributed by atoms with Crippen LogP contribution in [-0.2, 0) is 0 Å². The molecule has 20 heavy (non-hydrogen) atoms. The number of H-pyrrole nitrogens is 1. The Hall–Kier alpha value is -2.44. The van der Waals surface area contributed by atoms with E-state index in [1.807, 2.05) is 0 Å². The summed E-state index contributed by atoms with van der Waals surface area (Å²) in [5, 5.41) is 0. The van der Waals surface area contributed by atoms with Gasteiger partial charge in [-0.05, 0) is 12.8 Å². The Bertz CT molecular complexity index is 726. The summed E-state index contributed by atoms with van der Waals surface area (Å²) in [7, 11) is 0. The van der Waals surface area contributed by atoms with Gasteiger partial charge < -0.3 is 15.5 Å². The van der Waals surface area contributed by atoms with Crippen molar-refractivity contribution in [3.05, 3.63) is 46.0 Å². The fourth-order valence-corrected chi connectivity index (χ4v) is 1.79. The summed E-state index contributed by atoms with van der Waals surface area (Å²) in [6.45, 7) is 0. The van der Waals surface area contributed by atoms with Crippen molar-refractivity contribution in [1.29, 1.82) is 0 Å². The van der Waals surface area contributed by atoms with Crippen LogP contribution in [0.5, 0.6) is 11.6 Å². The molecular formula is C13H11F2N3O2. The highest BCUT2D eigenvalue weighted by Crippen LogP contribution is 2.38. The number of nitrogens with two attached hydrogens (primary N) is 1. The predicted octanol–water partition coefficient (Wildman–Crippen LogP) is 2.30. The van der Waals surface area contributed by atoms with E-state index >= 15 is 0 Å². The topological polar surface area (TPSA) is 81.0 Å². The van der Waals surface area contributed by atoms with Gasteiger partial charge >= 0.3 is 0 Å². The van der Waals surface area contributed by atoms with Crippen LogP contribution in [-0.4, -0.2) is 9.97 Å². The number of aromatic amines is 1. The molecule has 1 saturated carbocycles. The van der Waals surface area contributed by atoms with Crippen LogP contribution >= 0.6 is 0 Å². The lowest BCUT2D eigenvalue weighted by Crippen LogP contribution is -2.10. The van der Waals surface area contributed by atoms with Crippen LogP contribution in [0.1, 0.15) is 24.6 Å². The molecule has 1 fully saturated rings. The second kappa shape index (κ2) is 4.59. The van der Waals surface area contributed by atoms with Crippen LogP contribution in [0.2, 0.25) is 0 Å². The molecule has 0 amide bonds. The molecular weight excluding hydrogens is 268 g/mol. The monoisotopic (exact) mass is 279 g/mol. The average Bonchev–Trinajstić information content (AvgIpc) is 3.19. The van der Waals surface area contributed by atoms with Crippen molar-refractivity contribution in [2.24, 2.45) is 0 Å². The lowest BCUT2D eigenvalue weighted by molar-refractivity contribution is 0.419. The molecule has 1 heterocycles. The molecule has 0 spiro atoms. The minimum absolute atomic E-state index is 0.0706. The van der Waals surface area contributed by atoms with Gasteiger partial charge in [-0.25, -0.2) is 8.78 Å². The van der Waals surface area contributed by atoms with E-state index in [9.17, 15) is 13.6 Å². The molecule has 104 valence electrons. The highest BCUT2D eigenvalue weighted by Gasteiger charge is 2.26. The van der Waals surface area contributed by atoms with Gasteiger partial charge in [-0.1, -0.05) is 0 Å². The Morgan fingerprint density at radius 2 is 2.00 bits per heavy atom. The Labute approximate surface area is 112 Å². The number of aromatic nitrogens is 2. The zero-order valence-electron chi connectivity index (χ0n) is 10.3. The molecule has 5 nitrogen and oxygen atoms in total. The molecule has 0 bridgehead atoms. The summed E-state index contributed by atoms with van der Waals surface area (Å²) >= 11 is 0. The third kappa shape index (κ3) is 2.47. The normalized spacial score (nSPS) is 14.3. The first-order valence-corrected chi connectivity index (χ1v) is 6.06. The number of hydrogen-bond acceptors (Lipinski definition) is 4. The van der Waals surface area contributed by atoms with Crippen molar-refractivity contribution in [3.63, 3.8) is 0 Å². The minimum Gasteiger partial charge on any atom is -0.436 e. The van der Waals surface area contributed by atoms with E-state index in [-0.39, 0.29) is 23.2 Å². The van der Waals surface area contributed by atoms with Gasteiger partial charge in [0.05, 0.1) is 11.8 Å². The van der Waals surface area contributed by atoms with Crippen LogP contribution in [0, 0.1) is 11.6 Å². The van der Waals surface area contributed by atoms with Gasteiger partial charge in [-0.2, -0.15) is 4.98 Å². The molecule has 1 aromatic carbocycles. The zero-order chi connectivity index (χ0) is 14.3. The Kier molecular flexibility index (Phi) is 2.89. The molecule has 0 radical (unpaired) electrons. The van der Waals surface area contributed by atoms with E-state index in [4.69, 9.17) is 10.5 Å². The summed E-state index contributed by atoms with van der Waals surface area (Å²) in [4.78, 5) is 18.2. The minimum atomic E-state index is -0.820. The fourth-order valence-electron chi connectivity index (χ4n) is 1.79. The second-order valence-corrected chi connectivity index (χ2v) is 4.65. The first kappa shape index (κ1) is 12.6. The van der Waals surface area contributed by atoms with Gasteiger partial charge in [0.15, 0.2) is 11.6 Å². The number of nitrogens with zero attached hydrogens (tertiary/aromatic N) is 1. The number of anilines is 1. The largest absolute Gasteiger partial charge is 0.436 e. The van der Waals surface area contributed by atoms with Gasteiger partial charge in [-0.3, -0.25) is 4.79 Å². The third-order valence-corrected chi connectivity index (χ3v) is 2.97. The highest BCUT2D eigenvalue weighted by atomic mass is 19.1. The van der Waals surface area contributed by atoms with Crippen molar-refractivity contribution in [3.8, 4) is 11.6 Å². The van der Waals surface area contributed by atoms with Gasteiger partial charge in [0.2, 0.25) is 5.88 Å². The molecule has 0 aliphatic heterocycles. The summed E-state index contributed by atoms with van der Waals surface area (Å²) in [5.74, 6) is -1.34. The summed E-state index contributed by atoms with van der Waals surface area (Å²) in [6.07, 6.45) is 1.88. The van der Waals surface area contributed by atoms with E-state index in [1.54, 1.807) is 0 Å². The quantitative estimate of drug-likeness (QED) is 0.845. The van der Waals surface area contributed by atoms with Crippen LogP contribution in [0.4, 0.5) is 14.5 Å². The van der Waals surface area contributed by atoms with E-state index in [0.717, 1.165) is 31.0 Å². The number of hydrogen-bond donors (Lipinski definition) is 2. The van der Waals surface area contributed by atoms with Crippen molar-refractivity contribution in [1.82, 2.24) is 9.97 Å². The molecule has 0 unspecified atom stereocenters. The van der Waals surface area contributed by atoms with Crippen LogP contribution < -0.4 is 16.0 Å². The van der Waals surface area contributed by atoms with E-state index in [2.05, 4.69) is 9.97 Å². The molecule has 3 rings (SSSR count). The van der Waals surface area contributed by atoms with Crippen molar-refractivity contribution >= 4 is 5.69 Å². The predicted molar refractivity (Wildman–Crippen MR) is 67.7 cm³/mol. The molecule has 0 saturated heterocycles. The molecule has 1 aliphatic rings. The Morgan fingerprint density at radius 1 is 1.25 bits per heavy atom. The smallest absolute Gasteiger partial charge is 0.254 e. The molecule has 0 atom stereocenters. The van der Waals surface area contributed by atoms with Crippen molar-refractivity contribution < 1.29 is 13.5 Å². The van der Waals surface area contributed by atoms with E-state index in [0.29, 0.717) is 5.82 Å². The number of benzene rings is 1. The number of ether oxygens (including phenoxy) is 1. The standard InChI is InChI=1S/C13H11F2N3O2/c14-7-4-10(8(15)3-9(7)16)20-12-5-11(19)17-13(18-12)6-1-2-6/h3-6H,1-2,16H2,(H,17,18,19). The van der Waals surface area contributed by atoms with Gasteiger partial charge in [0.25, 0.3) is 5.56 Å². The number of nitrogen functional groups attached to an aromatic ring is 1. The zero-order valence-corrected chi connectivity index (χ0v) is 10.3. The average molecular weight is 279 g/mol. The Morgan fingerprint density at radius 3 is 2.70 bits per heavy atom. The third-order valence-electron chi connectivity index (χ3n) is 2.97. The molecule has 3 N–H and O–H groups in total. The maximum atomic E-state index is 13.6. The maximum absolute atomic E-state index is 13.6. The molecule has 1 aromatic heterocycles. The van der Waals surface area contributed by atoms with Gasteiger partial charge in [0.1, 0.15) is 11.6 Å². The van der Waals surface area contributed by atoms with Gasteiger partial charge in [-0.15, -0.1) is 0 Å². The van der Waals surface area contributed by atoms with Crippen molar-refractivity contribution in [2.75, 3.05) is 5.73 Å². The number of nitrogens with one attached hydrogen (secondary N) is 1. The molecule has 2 aromatic rings. The lowest BCUT2D eigenvalue weighted by atomic mass is 10.3. The first-order chi connectivity index (χ1) is 9.52. The number of rotatable bonds is 3.